The van der Waals surface area contributed by atoms with Crippen LogP contribution < -0.4 is 10.0 Å². The number of carbonyl (C=O) groups is 1. The van der Waals surface area contributed by atoms with Gasteiger partial charge in [-0.1, -0.05) is 30.7 Å². The Morgan fingerprint density at radius 3 is 2.74 bits per heavy atom. The van der Waals surface area contributed by atoms with E-state index in [-0.39, 0.29) is 5.69 Å². The van der Waals surface area contributed by atoms with E-state index in [9.17, 15) is 9.90 Å². The van der Waals surface area contributed by atoms with Gasteiger partial charge in [-0.25, -0.2) is 4.98 Å². The first-order valence-corrected chi connectivity index (χ1v) is 9.10. The summed E-state index contributed by atoms with van der Waals surface area (Å²) in [6.07, 6.45) is 6.65. The van der Waals surface area contributed by atoms with Crippen molar-refractivity contribution in [1.29, 1.82) is 0 Å². The standard InChI is InChI=1S/C18H22N2O2S/c1-20(14-8-3-2-4-9-14)11-13-7-5-6-10-15(13)17-19-16(12-23-17)18(21)22/h5-7,10,12,14H,2-4,8-9,11H2,1H3,(H,21,22). The number of nitrogens with one attached hydrogen (secondary N) is 1. The highest BCUT2D eigenvalue weighted by molar-refractivity contribution is 7.13. The summed E-state index contributed by atoms with van der Waals surface area (Å²) in [7, 11) is 2.27. The van der Waals surface area contributed by atoms with Gasteiger partial charge in [0.25, 0.3) is 0 Å². The summed E-state index contributed by atoms with van der Waals surface area (Å²) in [4.78, 5) is 16.7. The zero-order valence-corrected chi connectivity index (χ0v) is 14.2. The molecule has 5 heteroatoms. The van der Waals surface area contributed by atoms with Gasteiger partial charge in [-0.2, -0.15) is 0 Å². The molecular weight excluding hydrogens is 308 g/mol. The van der Waals surface area contributed by atoms with Gasteiger partial charge >= 0.3 is 0 Å². The zero-order chi connectivity index (χ0) is 16.2. The molecule has 1 atom stereocenters. The van der Waals surface area contributed by atoms with Crippen molar-refractivity contribution in [2.75, 3.05) is 7.05 Å². The molecule has 1 N–H and O–H groups in total. The highest BCUT2D eigenvalue weighted by atomic mass is 32.1. The minimum atomic E-state index is -1.21. The van der Waals surface area contributed by atoms with Crippen molar-refractivity contribution < 1.29 is 14.8 Å². The molecule has 0 saturated heterocycles. The number of hydrogen-bond donors (Lipinski definition) is 1. The van der Waals surface area contributed by atoms with Gasteiger partial charge in [0.2, 0.25) is 0 Å². The molecular formula is C18H22N2O2S. The van der Waals surface area contributed by atoms with Crippen LogP contribution in [0.25, 0.3) is 10.6 Å². The Morgan fingerprint density at radius 1 is 1.30 bits per heavy atom. The molecule has 0 radical (unpaired) electrons. The number of aromatic nitrogens is 1. The summed E-state index contributed by atoms with van der Waals surface area (Å²) in [5.74, 6) is -1.21. The molecule has 1 unspecified atom stereocenters. The van der Waals surface area contributed by atoms with E-state index in [2.05, 4.69) is 18.1 Å². The van der Waals surface area contributed by atoms with Gasteiger partial charge < -0.3 is 14.8 Å². The summed E-state index contributed by atoms with van der Waals surface area (Å²) in [5, 5.41) is 13.3. The smallest absolute Gasteiger partial charge is 0.124 e. The second-order valence-corrected chi connectivity index (χ2v) is 7.20. The fraction of sp³-hybridized carbons (Fsp3) is 0.444. The monoisotopic (exact) mass is 330 g/mol. The third-order valence-electron chi connectivity index (χ3n) is 4.73. The molecule has 0 spiro atoms. The van der Waals surface area contributed by atoms with Crippen LogP contribution >= 0.6 is 11.3 Å². The lowest BCUT2D eigenvalue weighted by Crippen LogP contribution is -3.11. The summed E-state index contributed by atoms with van der Waals surface area (Å²) in [6.45, 7) is 0.946. The average Bonchev–Trinajstić information content (AvgIpc) is 3.06. The largest absolute Gasteiger partial charge is 0.543 e. The summed E-state index contributed by atoms with van der Waals surface area (Å²) >= 11 is 1.37. The van der Waals surface area contributed by atoms with Crippen molar-refractivity contribution in [3.63, 3.8) is 0 Å². The molecule has 4 nitrogen and oxygen atoms in total. The molecule has 0 bridgehead atoms. The van der Waals surface area contributed by atoms with Crippen LogP contribution in [0.4, 0.5) is 0 Å². The van der Waals surface area contributed by atoms with E-state index < -0.39 is 5.97 Å². The number of benzene rings is 1. The summed E-state index contributed by atoms with van der Waals surface area (Å²) in [5.41, 5.74) is 2.29. The van der Waals surface area contributed by atoms with E-state index in [0.717, 1.165) is 23.2 Å². The van der Waals surface area contributed by atoms with Crippen molar-refractivity contribution in [1.82, 2.24) is 4.98 Å². The molecule has 3 rings (SSSR count). The van der Waals surface area contributed by atoms with Gasteiger partial charge in [0.15, 0.2) is 0 Å². The Hall–Kier alpha value is -1.72. The van der Waals surface area contributed by atoms with Gasteiger partial charge in [0.1, 0.15) is 11.6 Å². The first-order valence-electron chi connectivity index (χ1n) is 8.22. The Balaban J connectivity index is 1.80. The first-order chi connectivity index (χ1) is 11.1. The van der Waals surface area contributed by atoms with Crippen molar-refractivity contribution in [2.45, 2.75) is 44.7 Å². The van der Waals surface area contributed by atoms with Crippen LogP contribution in [0.5, 0.6) is 0 Å². The Morgan fingerprint density at radius 2 is 2.04 bits per heavy atom. The molecule has 0 aliphatic heterocycles. The van der Waals surface area contributed by atoms with Crippen molar-refractivity contribution in [3.05, 3.63) is 40.9 Å². The minimum Gasteiger partial charge on any atom is -0.543 e. The molecule has 1 fully saturated rings. The maximum Gasteiger partial charge on any atom is 0.124 e. The third-order valence-corrected chi connectivity index (χ3v) is 5.61. The molecule has 1 aliphatic carbocycles. The number of thiazole rings is 1. The molecule has 1 saturated carbocycles. The Labute approximate surface area is 140 Å². The van der Waals surface area contributed by atoms with Crippen LogP contribution in [0.3, 0.4) is 0 Å². The maximum atomic E-state index is 10.9. The van der Waals surface area contributed by atoms with Crippen LogP contribution in [-0.2, 0) is 6.54 Å². The van der Waals surface area contributed by atoms with Crippen LogP contribution in [-0.4, -0.2) is 24.0 Å². The second kappa shape index (κ2) is 7.23. The molecule has 23 heavy (non-hydrogen) atoms. The maximum absolute atomic E-state index is 10.9. The lowest BCUT2D eigenvalue weighted by Gasteiger charge is -2.28. The van der Waals surface area contributed by atoms with Crippen molar-refractivity contribution >= 4 is 17.3 Å². The normalized spacial score (nSPS) is 17.1. The third kappa shape index (κ3) is 3.79. The van der Waals surface area contributed by atoms with Crippen molar-refractivity contribution in [2.24, 2.45) is 0 Å². The predicted molar refractivity (Wildman–Crippen MR) is 89.3 cm³/mol. The van der Waals surface area contributed by atoms with E-state index >= 15 is 0 Å². The van der Waals surface area contributed by atoms with E-state index in [1.165, 1.54) is 53.9 Å². The number of nitrogens with zero attached hydrogens (tertiary/aromatic N) is 1. The zero-order valence-electron chi connectivity index (χ0n) is 13.4. The highest BCUT2D eigenvalue weighted by Crippen LogP contribution is 2.27. The first kappa shape index (κ1) is 16.1. The number of aromatic carboxylic acids is 1. The SMILES string of the molecule is C[NH+](Cc1ccccc1-c1nc(C(=O)[O-])cs1)C1CCCCC1. The van der Waals surface area contributed by atoms with E-state index in [1.807, 2.05) is 18.2 Å². The number of carboxylic acids is 1. The van der Waals surface area contributed by atoms with Crippen LogP contribution in [0.2, 0.25) is 0 Å². The fourth-order valence-electron chi connectivity index (χ4n) is 3.41. The molecule has 122 valence electrons. The summed E-state index contributed by atoms with van der Waals surface area (Å²) in [6, 6.07) is 8.91. The highest BCUT2D eigenvalue weighted by Gasteiger charge is 2.22. The summed E-state index contributed by atoms with van der Waals surface area (Å²) < 4.78 is 0. The number of carboxylic acid groups (broad SMARTS) is 1. The van der Waals surface area contributed by atoms with Crippen LogP contribution in [0.15, 0.2) is 29.6 Å². The lowest BCUT2D eigenvalue weighted by atomic mass is 9.94. The Kier molecular flexibility index (Phi) is 5.08. The average molecular weight is 330 g/mol. The van der Waals surface area contributed by atoms with Crippen LogP contribution in [0, 0.1) is 0 Å². The molecule has 1 aromatic heterocycles. The Bertz CT molecular complexity index is 677. The minimum absolute atomic E-state index is 0.0211. The van der Waals surface area contributed by atoms with E-state index in [1.54, 1.807) is 5.38 Å². The van der Waals surface area contributed by atoms with Gasteiger partial charge in [0, 0.05) is 16.5 Å². The quantitative estimate of drug-likeness (QED) is 0.904. The van der Waals surface area contributed by atoms with Crippen LogP contribution in [0.1, 0.15) is 48.2 Å². The second-order valence-electron chi connectivity index (χ2n) is 6.34. The van der Waals surface area contributed by atoms with E-state index in [4.69, 9.17) is 0 Å². The van der Waals surface area contributed by atoms with Gasteiger partial charge in [-0.15, -0.1) is 11.3 Å². The van der Waals surface area contributed by atoms with Gasteiger partial charge in [-0.3, -0.25) is 0 Å². The van der Waals surface area contributed by atoms with Crippen molar-refractivity contribution in [3.8, 4) is 10.6 Å². The lowest BCUT2D eigenvalue weighted by molar-refractivity contribution is -0.921. The van der Waals surface area contributed by atoms with Gasteiger partial charge in [-0.05, 0) is 25.7 Å². The fourth-order valence-corrected chi connectivity index (χ4v) is 4.26. The predicted octanol–water partition coefficient (Wildman–Crippen LogP) is 1.52. The number of quaternary nitrogens is 1. The topological polar surface area (TPSA) is 57.5 Å². The molecule has 1 aliphatic rings. The number of carbonyl (C=O) groups excluding carboxylic acids is 1. The van der Waals surface area contributed by atoms with Gasteiger partial charge in [0.05, 0.1) is 24.8 Å². The molecule has 0 amide bonds. The molecule has 1 aromatic carbocycles. The van der Waals surface area contributed by atoms with E-state index in [0.29, 0.717) is 0 Å². The number of hydrogen-bond acceptors (Lipinski definition) is 4. The molecule has 2 aromatic rings. The number of rotatable bonds is 5. The molecule has 1 heterocycles.